The van der Waals surface area contributed by atoms with E-state index in [1.807, 2.05) is 0 Å². The van der Waals surface area contributed by atoms with Crippen molar-refractivity contribution < 1.29 is 23.5 Å². The van der Waals surface area contributed by atoms with Crippen LogP contribution in [-0.4, -0.2) is 40.0 Å². The standard InChI is InChI=1S/C22H21Cl2FN4O4S2/c1-4-32-20(30)16-11(3)17(21(31)33-5-2)35-19(16)27-22(34)26-18-14(24)10-29(28-18)9-12-13(23)7-6-8-15(12)25/h6-8,10H,4-5,9H2,1-3H3,(H2,26,27,28,34). The molecule has 2 aromatic heterocycles. The molecule has 0 fully saturated rings. The van der Waals surface area contributed by atoms with E-state index >= 15 is 0 Å². The highest BCUT2D eigenvalue weighted by Crippen LogP contribution is 2.34. The Balaban J connectivity index is 1.81. The van der Waals surface area contributed by atoms with Crippen LogP contribution in [0.3, 0.4) is 0 Å². The van der Waals surface area contributed by atoms with E-state index in [1.54, 1.807) is 26.8 Å². The van der Waals surface area contributed by atoms with Crippen molar-refractivity contribution in [1.29, 1.82) is 0 Å². The molecule has 0 aliphatic heterocycles. The SMILES string of the molecule is CCOC(=O)c1sc(NC(=S)Nc2nn(Cc3c(F)cccc3Cl)cc2Cl)c(C(=O)OCC)c1C. The maximum atomic E-state index is 14.1. The Hall–Kier alpha value is -2.73. The predicted octanol–water partition coefficient (Wildman–Crippen LogP) is 5.91. The molecule has 0 radical (unpaired) electrons. The van der Waals surface area contributed by atoms with E-state index < -0.39 is 17.8 Å². The minimum Gasteiger partial charge on any atom is -0.462 e. The van der Waals surface area contributed by atoms with Gasteiger partial charge in [-0.2, -0.15) is 5.10 Å². The zero-order valence-electron chi connectivity index (χ0n) is 18.9. The lowest BCUT2D eigenvalue weighted by Crippen LogP contribution is -2.21. The van der Waals surface area contributed by atoms with E-state index in [0.29, 0.717) is 10.6 Å². The van der Waals surface area contributed by atoms with Gasteiger partial charge in [0.1, 0.15) is 20.7 Å². The van der Waals surface area contributed by atoms with Crippen LogP contribution in [0.2, 0.25) is 10.0 Å². The number of halogens is 3. The molecule has 1 aromatic carbocycles. The minimum atomic E-state index is -0.605. The number of hydrogen-bond acceptors (Lipinski definition) is 7. The highest BCUT2D eigenvalue weighted by Gasteiger charge is 2.27. The number of benzene rings is 1. The second kappa shape index (κ2) is 11.8. The van der Waals surface area contributed by atoms with E-state index in [-0.39, 0.29) is 56.7 Å². The molecule has 0 atom stereocenters. The third-order valence-electron chi connectivity index (χ3n) is 4.64. The summed E-state index contributed by atoms with van der Waals surface area (Å²) in [4.78, 5) is 25.1. The summed E-state index contributed by atoms with van der Waals surface area (Å²) in [5, 5.41) is 10.9. The molecule has 3 rings (SSSR count). The van der Waals surface area contributed by atoms with Crippen molar-refractivity contribution in [3.05, 3.63) is 61.8 Å². The molecular formula is C22H21Cl2FN4O4S2. The van der Waals surface area contributed by atoms with Gasteiger partial charge in [0.25, 0.3) is 0 Å². The summed E-state index contributed by atoms with van der Waals surface area (Å²) in [5.41, 5.74) is 0.858. The number of anilines is 2. The Bertz CT molecular complexity index is 1260. The summed E-state index contributed by atoms with van der Waals surface area (Å²) < 4.78 is 25.7. The van der Waals surface area contributed by atoms with E-state index in [2.05, 4.69) is 15.7 Å². The number of thiophene rings is 1. The summed E-state index contributed by atoms with van der Waals surface area (Å²) in [7, 11) is 0. The quantitative estimate of drug-likeness (QED) is 0.260. The largest absolute Gasteiger partial charge is 0.462 e. The Kier molecular flexibility index (Phi) is 9.06. The van der Waals surface area contributed by atoms with Gasteiger partial charge < -0.3 is 20.1 Å². The van der Waals surface area contributed by atoms with Crippen molar-refractivity contribution in [3.63, 3.8) is 0 Å². The molecule has 0 aliphatic rings. The molecule has 13 heteroatoms. The monoisotopic (exact) mass is 558 g/mol. The molecule has 0 amide bonds. The number of hydrogen-bond donors (Lipinski definition) is 2. The molecule has 2 heterocycles. The lowest BCUT2D eigenvalue weighted by atomic mass is 10.1. The molecule has 0 aliphatic carbocycles. The van der Waals surface area contributed by atoms with Gasteiger partial charge in [-0.05, 0) is 50.7 Å². The zero-order valence-corrected chi connectivity index (χ0v) is 22.1. The van der Waals surface area contributed by atoms with Gasteiger partial charge in [-0.15, -0.1) is 11.3 Å². The fourth-order valence-corrected chi connectivity index (χ4v) is 4.87. The molecule has 35 heavy (non-hydrogen) atoms. The van der Waals surface area contributed by atoms with Gasteiger partial charge >= 0.3 is 11.9 Å². The number of carbonyl (C=O) groups excluding carboxylic acids is 2. The van der Waals surface area contributed by atoms with Crippen LogP contribution in [0.4, 0.5) is 15.2 Å². The normalized spacial score (nSPS) is 10.7. The van der Waals surface area contributed by atoms with Gasteiger partial charge in [-0.1, -0.05) is 29.3 Å². The number of aromatic nitrogens is 2. The third kappa shape index (κ3) is 6.29. The fourth-order valence-electron chi connectivity index (χ4n) is 3.09. The number of thiocarbonyl (C=S) groups is 1. The Labute approximate surface area is 220 Å². The summed E-state index contributed by atoms with van der Waals surface area (Å²) >= 11 is 18.7. The van der Waals surface area contributed by atoms with Gasteiger partial charge in [-0.3, -0.25) is 4.68 Å². The van der Waals surface area contributed by atoms with Crippen LogP contribution in [0.1, 0.15) is 45.0 Å². The minimum absolute atomic E-state index is 0.0487. The smallest absolute Gasteiger partial charge is 0.348 e. The molecule has 8 nitrogen and oxygen atoms in total. The van der Waals surface area contributed by atoms with Crippen LogP contribution >= 0.6 is 46.8 Å². The first-order valence-electron chi connectivity index (χ1n) is 10.4. The predicted molar refractivity (Wildman–Crippen MR) is 139 cm³/mol. The van der Waals surface area contributed by atoms with Crippen LogP contribution in [0.15, 0.2) is 24.4 Å². The highest BCUT2D eigenvalue weighted by molar-refractivity contribution is 7.80. The van der Waals surface area contributed by atoms with E-state index in [4.69, 9.17) is 44.9 Å². The lowest BCUT2D eigenvalue weighted by Gasteiger charge is -2.10. The number of nitrogens with one attached hydrogen (secondary N) is 2. The number of esters is 2. The number of nitrogens with zero attached hydrogens (tertiary/aromatic N) is 2. The summed E-state index contributed by atoms with van der Waals surface area (Å²) in [6.07, 6.45) is 1.49. The average molecular weight is 559 g/mol. The molecule has 3 aromatic rings. The van der Waals surface area contributed by atoms with E-state index in [0.717, 1.165) is 11.3 Å². The number of rotatable bonds is 8. The third-order valence-corrected chi connectivity index (χ3v) is 6.67. The highest BCUT2D eigenvalue weighted by atomic mass is 35.5. The van der Waals surface area contributed by atoms with Crippen molar-refractivity contribution in [2.45, 2.75) is 27.3 Å². The van der Waals surface area contributed by atoms with Crippen molar-refractivity contribution in [2.75, 3.05) is 23.8 Å². The van der Waals surface area contributed by atoms with Gasteiger partial charge in [0, 0.05) is 16.8 Å². The number of carbonyl (C=O) groups is 2. The van der Waals surface area contributed by atoms with Crippen LogP contribution in [-0.2, 0) is 16.0 Å². The molecular weight excluding hydrogens is 538 g/mol. The Morgan fingerprint density at radius 1 is 1.14 bits per heavy atom. The molecule has 0 unspecified atom stereocenters. The van der Waals surface area contributed by atoms with Gasteiger partial charge in [0.05, 0.1) is 25.3 Å². The van der Waals surface area contributed by atoms with Crippen LogP contribution in [0.5, 0.6) is 0 Å². The van der Waals surface area contributed by atoms with Crippen molar-refractivity contribution in [3.8, 4) is 0 Å². The topological polar surface area (TPSA) is 94.5 Å². The van der Waals surface area contributed by atoms with Crippen LogP contribution in [0, 0.1) is 12.7 Å². The molecule has 0 saturated heterocycles. The number of ether oxygens (including phenoxy) is 2. The first-order valence-corrected chi connectivity index (χ1v) is 12.4. The summed E-state index contributed by atoms with van der Waals surface area (Å²) in [5.74, 6) is -1.42. The van der Waals surface area contributed by atoms with Crippen molar-refractivity contribution >= 4 is 74.6 Å². The second-order valence-corrected chi connectivity index (χ2v) is 9.25. The first kappa shape index (κ1) is 26.9. The van der Waals surface area contributed by atoms with Gasteiger partial charge in [-0.25, -0.2) is 14.0 Å². The molecule has 2 N–H and O–H groups in total. The molecule has 0 bridgehead atoms. The van der Waals surface area contributed by atoms with Crippen LogP contribution < -0.4 is 10.6 Å². The van der Waals surface area contributed by atoms with E-state index in [1.165, 1.54) is 23.0 Å². The first-order chi connectivity index (χ1) is 16.7. The Morgan fingerprint density at radius 2 is 1.83 bits per heavy atom. The fraction of sp³-hybridized carbons (Fsp3) is 0.273. The van der Waals surface area contributed by atoms with Crippen LogP contribution in [0.25, 0.3) is 0 Å². The Morgan fingerprint density at radius 3 is 2.49 bits per heavy atom. The molecule has 0 spiro atoms. The zero-order chi connectivity index (χ0) is 25.7. The van der Waals surface area contributed by atoms with Gasteiger partial charge in [0.2, 0.25) is 0 Å². The molecule has 0 saturated carbocycles. The molecule has 186 valence electrons. The van der Waals surface area contributed by atoms with Crippen molar-refractivity contribution in [1.82, 2.24) is 9.78 Å². The average Bonchev–Trinajstić information content (AvgIpc) is 3.29. The lowest BCUT2D eigenvalue weighted by molar-refractivity contribution is 0.0527. The summed E-state index contributed by atoms with van der Waals surface area (Å²) in [6.45, 7) is 5.39. The van der Waals surface area contributed by atoms with Crippen molar-refractivity contribution in [2.24, 2.45) is 0 Å². The maximum Gasteiger partial charge on any atom is 0.348 e. The maximum absolute atomic E-state index is 14.1. The summed E-state index contributed by atoms with van der Waals surface area (Å²) in [6, 6.07) is 4.40. The second-order valence-electron chi connectivity index (χ2n) is 7.00. The van der Waals surface area contributed by atoms with Gasteiger partial charge in [0.15, 0.2) is 10.9 Å². The van der Waals surface area contributed by atoms with E-state index in [9.17, 15) is 14.0 Å².